The molecule has 1 atom stereocenters. The van der Waals surface area contributed by atoms with E-state index < -0.39 is 0 Å². The average Bonchev–Trinajstić information content (AvgIpc) is 2.28. The summed E-state index contributed by atoms with van der Waals surface area (Å²) >= 11 is 0. The molecule has 0 aliphatic heterocycles. The van der Waals surface area contributed by atoms with Crippen LogP contribution in [-0.2, 0) is 6.42 Å². The Labute approximate surface area is 110 Å². The number of ether oxygens (including phenoxy) is 2. The van der Waals surface area contributed by atoms with Crippen molar-refractivity contribution in [2.24, 2.45) is 5.73 Å². The van der Waals surface area contributed by atoms with Gasteiger partial charge in [-0.25, -0.2) is 0 Å². The molecule has 0 saturated carbocycles. The summed E-state index contributed by atoms with van der Waals surface area (Å²) in [6.45, 7) is 3.52. The molecule has 0 aliphatic rings. The SMILES string of the molecule is COc1ccc(CC(C)N)cc1OCCN(C)C. The molecule has 0 aliphatic carbocycles. The van der Waals surface area contributed by atoms with E-state index in [4.69, 9.17) is 15.2 Å². The van der Waals surface area contributed by atoms with Crippen molar-refractivity contribution >= 4 is 0 Å². The quantitative estimate of drug-likeness (QED) is 0.799. The van der Waals surface area contributed by atoms with Crippen molar-refractivity contribution in [3.8, 4) is 11.5 Å². The predicted molar refractivity (Wildman–Crippen MR) is 74.4 cm³/mol. The molecular weight excluding hydrogens is 228 g/mol. The van der Waals surface area contributed by atoms with Crippen LogP contribution in [0.25, 0.3) is 0 Å². The zero-order valence-electron chi connectivity index (χ0n) is 11.8. The second kappa shape index (κ2) is 7.24. The zero-order chi connectivity index (χ0) is 13.5. The molecule has 1 aromatic carbocycles. The summed E-state index contributed by atoms with van der Waals surface area (Å²) in [7, 11) is 5.69. The minimum absolute atomic E-state index is 0.146. The molecule has 0 fully saturated rings. The number of hydrogen-bond acceptors (Lipinski definition) is 4. The normalized spacial score (nSPS) is 12.6. The van der Waals surface area contributed by atoms with Crippen LogP contribution in [0.3, 0.4) is 0 Å². The predicted octanol–water partition coefficient (Wildman–Crippen LogP) is 1.53. The van der Waals surface area contributed by atoms with Gasteiger partial charge in [-0.2, -0.15) is 0 Å². The van der Waals surface area contributed by atoms with Crippen LogP contribution in [0.5, 0.6) is 11.5 Å². The lowest BCUT2D eigenvalue weighted by atomic mass is 10.1. The number of nitrogens with two attached hydrogens (primary N) is 1. The van der Waals surface area contributed by atoms with Crippen LogP contribution in [0.1, 0.15) is 12.5 Å². The first-order valence-corrected chi connectivity index (χ1v) is 6.23. The summed E-state index contributed by atoms with van der Waals surface area (Å²) < 4.78 is 11.0. The van der Waals surface area contributed by atoms with Gasteiger partial charge in [-0.05, 0) is 45.1 Å². The monoisotopic (exact) mass is 252 g/mol. The van der Waals surface area contributed by atoms with Crippen molar-refractivity contribution in [1.29, 1.82) is 0 Å². The van der Waals surface area contributed by atoms with Crippen molar-refractivity contribution < 1.29 is 9.47 Å². The van der Waals surface area contributed by atoms with Crippen LogP contribution in [0.15, 0.2) is 18.2 Å². The van der Waals surface area contributed by atoms with E-state index in [1.165, 1.54) is 5.56 Å². The highest BCUT2D eigenvalue weighted by Gasteiger charge is 2.07. The van der Waals surface area contributed by atoms with Crippen molar-refractivity contribution in [3.63, 3.8) is 0 Å². The molecule has 0 heterocycles. The third-order valence-corrected chi connectivity index (χ3v) is 2.58. The van der Waals surface area contributed by atoms with Crippen LogP contribution in [-0.4, -0.2) is 45.3 Å². The fourth-order valence-corrected chi connectivity index (χ4v) is 1.67. The van der Waals surface area contributed by atoms with E-state index in [9.17, 15) is 0 Å². The average molecular weight is 252 g/mol. The molecule has 1 aromatic rings. The third kappa shape index (κ3) is 4.94. The Bertz CT molecular complexity index is 365. The van der Waals surface area contributed by atoms with Gasteiger partial charge in [0.15, 0.2) is 11.5 Å². The zero-order valence-corrected chi connectivity index (χ0v) is 11.8. The summed E-state index contributed by atoms with van der Waals surface area (Å²) in [5.74, 6) is 1.56. The molecule has 1 rings (SSSR count). The molecule has 0 bridgehead atoms. The van der Waals surface area contributed by atoms with E-state index in [1.807, 2.05) is 39.2 Å². The second-order valence-electron chi connectivity index (χ2n) is 4.82. The van der Waals surface area contributed by atoms with E-state index >= 15 is 0 Å². The Morgan fingerprint density at radius 1 is 1.28 bits per heavy atom. The molecule has 4 nitrogen and oxygen atoms in total. The van der Waals surface area contributed by atoms with Crippen molar-refractivity contribution in [1.82, 2.24) is 4.90 Å². The number of nitrogens with zero attached hydrogens (tertiary/aromatic N) is 1. The van der Waals surface area contributed by atoms with Gasteiger partial charge in [0.05, 0.1) is 7.11 Å². The summed E-state index contributed by atoms with van der Waals surface area (Å²) in [6, 6.07) is 6.12. The fourth-order valence-electron chi connectivity index (χ4n) is 1.67. The van der Waals surface area contributed by atoms with Crippen molar-refractivity contribution in [3.05, 3.63) is 23.8 Å². The van der Waals surface area contributed by atoms with E-state index in [0.717, 1.165) is 24.5 Å². The van der Waals surface area contributed by atoms with Gasteiger partial charge in [0.2, 0.25) is 0 Å². The molecule has 0 saturated heterocycles. The molecule has 0 aromatic heterocycles. The maximum Gasteiger partial charge on any atom is 0.161 e. The molecule has 18 heavy (non-hydrogen) atoms. The number of benzene rings is 1. The van der Waals surface area contributed by atoms with E-state index in [-0.39, 0.29) is 6.04 Å². The summed E-state index contributed by atoms with van der Waals surface area (Å²) in [5, 5.41) is 0. The highest BCUT2D eigenvalue weighted by Crippen LogP contribution is 2.28. The van der Waals surface area contributed by atoms with Gasteiger partial charge in [0.1, 0.15) is 6.61 Å². The maximum atomic E-state index is 5.81. The van der Waals surface area contributed by atoms with Crippen LogP contribution in [0, 0.1) is 0 Å². The second-order valence-corrected chi connectivity index (χ2v) is 4.82. The van der Waals surface area contributed by atoms with Crippen LogP contribution in [0.4, 0.5) is 0 Å². The standard InChI is InChI=1S/C14H24N2O2/c1-11(15)9-12-5-6-13(17-4)14(10-12)18-8-7-16(2)3/h5-6,10-11H,7-9,15H2,1-4H3. The lowest BCUT2D eigenvalue weighted by Crippen LogP contribution is -2.20. The number of likely N-dealkylation sites (N-methyl/N-ethyl adjacent to an activating group) is 1. The van der Waals surface area contributed by atoms with Crippen LogP contribution in [0.2, 0.25) is 0 Å². The van der Waals surface area contributed by atoms with Gasteiger partial charge >= 0.3 is 0 Å². The Kier molecular flexibility index (Phi) is 5.95. The number of hydrogen-bond donors (Lipinski definition) is 1. The Morgan fingerprint density at radius 2 is 2.00 bits per heavy atom. The van der Waals surface area contributed by atoms with Gasteiger partial charge in [-0.3, -0.25) is 0 Å². The minimum atomic E-state index is 0.146. The highest BCUT2D eigenvalue weighted by atomic mass is 16.5. The summed E-state index contributed by atoms with van der Waals surface area (Å²) in [4.78, 5) is 2.08. The first kappa shape index (κ1) is 14.8. The van der Waals surface area contributed by atoms with Crippen molar-refractivity contribution in [2.75, 3.05) is 34.4 Å². The van der Waals surface area contributed by atoms with Gasteiger partial charge in [-0.15, -0.1) is 0 Å². The summed E-state index contributed by atoms with van der Waals surface area (Å²) in [6.07, 6.45) is 0.841. The lowest BCUT2D eigenvalue weighted by molar-refractivity contribution is 0.250. The smallest absolute Gasteiger partial charge is 0.161 e. The minimum Gasteiger partial charge on any atom is -0.493 e. The Hall–Kier alpha value is -1.26. The number of rotatable bonds is 7. The molecular formula is C14H24N2O2. The van der Waals surface area contributed by atoms with E-state index in [2.05, 4.69) is 4.90 Å². The molecule has 0 spiro atoms. The molecule has 1 unspecified atom stereocenters. The van der Waals surface area contributed by atoms with E-state index in [1.54, 1.807) is 7.11 Å². The Balaban J connectivity index is 2.72. The molecule has 2 N–H and O–H groups in total. The first-order valence-electron chi connectivity index (χ1n) is 6.23. The number of methoxy groups -OCH3 is 1. The molecule has 0 amide bonds. The van der Waals surface area contributed by atoms with Gasteiger partial charge in [0, 0.05) is 12.6 Å². The highest BCUT2D eigenvalue weighted by molar-refractivity contribution is 5.43. The molecule has 4 heteroatoms. The van der Waals surface area contributed by atoms with Crippen molar-refractivity contribution in [2.45, 2.75) is 19.4 Å². The molecule has 102 valence electrons. The fraction of sp³-hybridized carbons (Fsp3) is 0.571. The molecule has 0 radical (unpaired) electrons. The lowest BCUT2D eigenvalue weighted by Gasteiger charge is -2.15. The van der Waals surface area contributed by atoms with Gasteiger partial charge in [0.25, 0.3) is 0 Å². The van der Waals surface area contributed by atoms with Gasteiger partial charge in [-0.1, -0.05) is 6.07 Å². The topological polar surface area (TPSA) is 47.7 Å². The van der Waals surface area contributed by atoms with Gasteiger partial charge < -0.3 is 20.1 Å². The largest absolute Gasteiger partial charge is 0.493 e. The third-order valence-electron chi connectivity index (χ3n) is 2.58. The first-order chi connectivity index (χ1) is 8.52. The van der Waals surface area contributed by atoms with Crippen LogP contribution < -0.4 is 15.2 Å². The Morgan fingerprint density at radius 3 is 2.56 bits per heavy atom. The van der Waals surface area contributed by atoms with Crippen LogP contribution >= 0.6 is 0 Å². The maximum absolute atomic E-state index is 5.81. The van der Waals surface area contributed by atoms with E-state index in [0.29, 0.717) is 6.61 Å². The summed E-state index contributed by atoms with van der Waals surface area (Å²) in [5.41, 5.74) is 6.98.